The van der Waals surface area contributed by atoms with Crippen LogP contribution >= 0.6 is 0 Å². The van der Waals surface area contributed by atoms with Crippen molar-refractivity contribution in [3.8, 4) is 0 Å². The van der Waals surface area contributed by atoms with Crippen molar-refractivity contribution >= 4 is 5.82 Å². The van der Waals surface area contributed by atoms with Crippen LogP contribution in [0.5, 0.6) is 0 Å². The average Bonchev–Trinajstić information content (AvgIpc) is 2.52. The quantitative estimate of drug-likeness (QED) is 0.433. The number of aromatic amines is 1. The van der Waals surface area contributed by atoms with Gasteiger partial charge in [-0.3, -0.25) is 0 Å². The minimum Gasteiger partial charge on any atom is -0.394 e. The van der Waals surface area contributed by atoms with E-state index in [0.717, 1.165) is 0 Å². The molecule has 4 N–H and O–H groups in total. The first-order chi connectivity index (χ1) is 5.99. The van der Waals surface area contributed by atoms with Crippen LogP contribution in [0.25, 0.3) is 0 Å². The lowest BCUT2D eigenvalue weighted by atomic mass is 9.97. The summed E-state index contributed by atoms with van der Waals surface area (Å²) in [4.78, 5) is 9.82. The molecule has 1 heterocycles. The van der Waals surface area contributed by atoms with E-state index in [9.17, 15) is 10.1 Å². The van der Waals surface area contributed by atoms with E-state index in [1.807, 2.05) is 0 Å². The molecule has 0 aliphatic rings. The Morgan fingerprint density at radius 1 is 1.92 bits per heavy atom. The summed E-state index contributed by atoms with van der Waals surface area (Å²) in [6.45, 7) is 1.11. The summed E-state index contributed by atoms with van der Waals surface area (Å²) in [5.41, 5.74) is 4.66. The molecule has 0 bridgehead atoms. The van der Waals surface area contributed by atoms with Crippen molar-refractivity contribution in [2.45, 2.75) is 12.5 Å². The summed E-state index contributed by atoms with van der Waals surface area (Å²) in [5.74, 6) is -0.279. The molecule has 1 rings (SSSR count). The van der Waals surface area contributed by atoms with Gasteiger partial charge in [-0.15, -0.1) is 5.10 Å². The Morgan fingerprint density at radius 3 is 3.00 bits per heavy atom. The highest BCUT2D eigenvalue weighted by Crippen LogP contribution is 2.24. The molecule has 0 fully saturated rings. The second kappa shape index (κ2) is 3.11. The van der Waals surface area contributed by atoms with Crippen LogP contribution in [0.4, 0.5) is 5.82 Å². The molecule has 0 spiro atoms. The summed E-state index contributed by atoms with van der Waals surface area (Å²) in [6.07, 6.45) is 1.24. The number of hydrogen-bond donors (Lipinski definition) is 3. The molecule has 72 valence electrons. The maximum Gasteiger partial charge on any atom is 0.347 e. The predicted molar refractivity (Wildman–Crippen MR) is 43.9 cm³/mol. The number of rotatable bonds is 3. The van der Waals surface area contributed by atoms with E-state index in [4.69, 9.17) is 10.8 Å². The standard InChI is InChI=1S/C6H10N4O3/c1-6(7,3-11)4-2-8-9-5(4)10(12)13/h2,11H,3,7H2,1H3,(H,8,9). The van der Waals surface area contributed by atoms with Crippen LogP contribution in [0.2, 0.25) is 0 Å². The topological polar surface area (TPSA) is 118 Å². The van der Waals surface area contributed by atoms with E-state index in [1.54, 1.807) is 0 Å². The number of nitrogens with one attached hydrogen (secondary N) is 1. The fraction of sp³-hybridized carbons (Fsp3) is 0.500. The van der Waals surface area contributed by atoms with Crippen molar-refractivity contribution in [3.05, 3.63) is 21.9 Å². The molecule has 1 atom stereocenters. The first-order valence-electron chi connectivity index (χ1n) is 3.57. The van der Waals surface area contributed by atoms with Crippen LogP contribution in [-0.4, -0.2) is 26.8 Å². The monoisotopic (exact) mass is 186 g/mol. The molecule has 1 unspecified atom stereocenters. The van der Waals surface area contributed by atoms with Gasteiger partial charge in [0.15, 0.2) is 0 Å². The Morgan fingerprint density at radius 2 is 2.54 bits per heavy atom. The van der Waals surface area contributed by atoms with E-state index in [1.165, 1.54) is 13.1 Å². The summed E-state index contributed by atoms with van der Waals surface area (Å²) >= 11 is 0. The third-order valence-electron chi connectivity index (χ3n) is 1.75. The first kappa shape index (κ1) is 9.62. The number of aliphatic hydroxyl groups is 1. The van der Waals surface area contributed by atoms with Gasteiger partial charge in [-0.05, 0) is 11.8 Å². The molecule has 0 aromatic carbocycles. The zero-order valence-electron chi connectivity index (χ0n) is 7.02. The number of nitrogens with two attached hydrogens (primary N) is 1. The molecule has 0 aliphatic heterocycles. The van der Waals surface area contributed by atoms with Gasteiger partial charge in [-0.25, -0.2) is 0 Å². The molecule has 0 amide bonds. The van der Waals surface area contributed by atoms with Crippen LogP contribution in [0.15, 0.2) is 6.20 Å². The molecule has 0 saturated carbocycles. The Bertz CT molecular complexity index is 319. The molecule has 1 aromatic heterocycles. The predicted octanol–water partition coefficient (Wildman–Crippen LogP) is -0.516. The van der Waals surface area contributed by atoms with Crippen LogP contribution in [0.3, 0.4) is 0 Å². The SMILES string of the molecule is CC(N)(CO)c1cn[nH]c1[N+](=O)[O-]. The van der Waals surface area contributed by atoms with Gasteiger partial charge in [-0.2, -0.15) is 0 Å². The van der Waals surface area contributed by atoms with Gasteiger partial charge in [0.05, 0.1) is 23.9 Å². The summed E-state index contributed by atoms with van der Waals surface area (Å²) in [6, 6.07) is 0. The van der Waals surface area contributed by atoms with Crippen molar-refractivity contribution in [1.29, 1.82) is 0 Å². The summed E-state index contributed by atoms with van der Waals surface area (Å²) in [5, 5.41) is 25.0. The lowest BCUT2D eigenvalue weighted by Crippen LogP contribution is -2.37. The van der Waals surface area contributed by atoms with Crippen molar-refractivity contribution < 1.29 is 10.0 Å². The van der Waals surface area contributed by atoms with Crippen molar-refractivity contribution in [3.63, 3.8) is 0 Å². The number of H-pyrrole nitrogens is 1. The third kappa shape index (κ3) is 1.65. The largest absolute Gasteiger partial charge is 0.394 e. The summed E-state index contributed by atoms with van der Waals surface area (Å²) < 4.78 is 0. The minimum absolute atomic E-state index is 0.194. The van der Waals surface area contributed by atoms with E-state index in [0.29, 0.717) is 0 Å². The molecule has 13 heavy (non-hydrogen) atoms. The van der Waals surface area contributed by atoms with Crippen LogP contribution in [-0.2, 0) is 5.54 Å². The minimum atomic E-state index is -1.14. The van der Waals surface area contributed by atoms with Crippen LogP contribution in [0.1, 0.15) is 12.5 Å². The third-order valence-corrected chi connectivity index (χ3v) is 1.75. The highest BCUT2D eigenvalue weighted by molar-refractivity contribution is 5.35. The van der Waals surface area contributed by atoms with Crippen molar-refractivity contribution in [2.75, 3.05) is 6.61 Å². The lowest BCUT2D eigenvalue weighted by Gasteiger charge is -2.18. The number of nitrogens with zero attached hydrogens (tertiary/aromatic N) is 2. The maximum absolute atomic E-state index is 10.4. The number of nitro groups is 1. The van der Waals surface area contributed by atoms with E-state index in [2.05, 4.69) is 10.2 Å². The first-order valence-corrected chi connectivity index (χ1v) is 3.57. The maximum atomic E-state index is 10.4. The normalized spacial score (nSPS) is 15.3. The molecule has 1 aromatic rings. The van der Waals surface area contributed by atoms with Crippen molar-refractivity contribution in [1.82, 2.24) is 10.2 Å². The second-order valence-corrected chi connectivity index (χ2v) is 2.96. The van der Waals surface area contributed by atoms with Gasteiger partial charge < -0.3 is 21.0 Å². The van der Waals surface area contributed by atoms with E-state index in [-0.39, 0.29) is 18.0 Å². The zero-order valence-corrected chi connectivity index (χ0v) is 7.02. The zero-order chi connectivity index (χ0) is 10.1. The molecule has 7 nitrogen and oxygen atoms in total. The Labute approximate surface area is 73.7 Å². The lowest BCUT2D eigenvalue weighted by molar-refractivity contribution is -0.390. The van der Waals surface area contributed by atoms with Gasteiger partial charge >= 0.3 is 5.82 Å². The fourth-order valence-electron chi connectivity index (χ4n) is 0.922. The van der Waals surface area contributed by atoms with E-state index < -0.39 is 10.5 Å². The molecule has 0 saturated heterocycles. The molecular weight excluding hydrogens is 176 g/mol. The molecular formula is C6H10N4O3. The molecule has 7 heteroatoms. The summed E-state index contributed by atoms with van der Waals surface area (Å²) in [7, 11) is 0. The highest BCUT2D eigenvalue weighted by atomic mass is 16.6. The number of aromatic nitrogens is 2. The Hall–Kier alpha value is -1.47. The Kier molecular flexibility index (Phi) is 2.30. The number of aliphatic hydroxyl groups excluding tert-OH is 1. The van der Waals surface area contributed by atoms with Gasteiger partial charge in [0, 0.05) is 0 Å². The van der Waals surface area contributed by atoms with Crippen molar-refractivity contribution in [2.24, 2.45) is 5.73 Å². The smallest absolute Gasteiger partial charge is 0.347 e. The van der Waals surface area contributed by atoms with Gasteiger partial charge in [0.2, 0.25) is 0 Å². The van der Waals surface area contributed by atoms with E-state index >= 15 is 0 Å². The molecule has 0 aliphatic carbocycles. The van der Waals surface area contributed by atoms with Gasteiger partial charge in [0.1, 0.15) is 0 Å². The highest BCUT2D eigenvalue weighted by Gasteiger charge is 2.30. The van der Waals surface area contributed by atoms with Gasteiger partial charge in [0.25, 0.3) is 0 Å². The second-order valence-electron chi connectivity index (χ2n) is 2.96. The van der Waals surface area contributed by atoms with Crippen LogP contribution in [0, 0.1) is 10.1 Å². The van der Waals surface area contributed by atoms with Crippen LogP contribution < -0.4 is 5.73 Å². The molecule has 0 radical (unpaired) electrons. The average molecular weight is 186 g/mol. The number of hydrogen-bond acceptors (Lipinski definition) is 5. The van der Waals surface area contributed by atoms with Gasteiger partial charge in [-0.1, -0.05) is 5.10 Å². The fourth-order valence-corrected chi connectivity index (χ4v) is 0.922. The Balaban J connectivity index is 3.14.